The molecule has 1 heterocycles. The van der Waals surface area contributed by atoms with Crippen LogP contribution in [0.4, 0.5) is 36.6 Å². The molecule has 4 nitrogen and oxygen atoms in total. The number of aromatic nitrogens is 1. The first-order valence-corrected chi connectivity index (χ1v) is 7.74. The van der Waals surface area contributed by atoms with Gasteiger partial charge in [0, 0.05) is 25.4 Å². The van der Waals surface area contributed by atoms with Gasteiger partial charge in [-0.1, -0.05) is 24.3 Å². The lowest BCUT2D eigenvalue weighted by Crippen LogP contribution is -2.50. The van der Waals surface area contributed by atoms with E-state index in [1.165, 1.54) is 18.3 Å². The molecule has 1 amide bonds. The van der Waals surface area contributed by atoms with Crippen LogP contribution < -0.4 is 10.6 Å². The molecule has 1 aromatic carbocycles. The van der Waals surface area contributed by atoms with Crippen LogP contribution >= 0.6 is 0 Å². The fourth-order valence-electron chi connectivity index (χ4n) is 2.41. The lowest BCUT2D eigenvalue weighted by Gasteiger charge is -2.30. The van der Waals surface area contributed by atoms with Crippen molar-refractivity contribution in [3.63, 3.8) is 0 Å². The van der Waals surface area contributed by atoms with Gasteiger partial charge in [-0.15, -0.1) is 0 Å². The third kappa shape index (κ3) is 4.02. The topological polar surface area (TPSA) is 54.0 Å². The molecule has 152 valence electrons. The Bertz CT molecular complexity index is 818. The summed E-state index contributed by atoms with van der Waals surface area (Å²) in [5.74, 6) is -0.278. The van der Waals surface area contributed by atoms with Crippen LogP contribution in [0.1, 0.15) is 21.5 Å². The van der Waals surface area contributed by atoms with Crippen LogP contribution in [0.25, 0.3) is 0 Å². The average Bonchev–Trinajstić information content (AvgIpc) is 2.64. The molecule has 11 heteroatoms. The number of amides is 1. The van der Waals surface area contributed by atoms with Gasteiger partial charge in [-0.05, 0) is 17.7 Å². The Morgan fingerprint density at radius 3 is 2.04 bits per heavy atom. The van der Waals surface area contributed by atoms with Crippen LogP contribution in [0.5, 0.6) is 0 Å². The van der Waals surface area contributed by atoms with Crippen LogP contribution in [0.3, 0.4) is 0 Å². The van der Waals surface area contributed by atoms with E-state index in [0.29, 0.717) is 12.1 Å². The molecule has 1 aromatic heterocycles. The van der Waals surface area contributed by atoms with Crippen molar-refractivity contribution in [2.45, 2.75) is 24.6 Å². The Hall–Kier alpha value is -2.85. The van der Waals surface area contributed by atoms with Gasteiger partial charge in [-0.25, -0.2) is 9.37 Å². The third-order valence-electron chi connectivity index (χ3n) is 3.88. The van der Waals surface area contributed by atoms with E-state index in [2.05, 4.69) is 15.6 Å². The summed E-state index contributed by atoms with van der Waals surface area (Å²) < 4.78 is 90.4. The van der Waals surface area contributed by atoms with E-state index in [-0.39, 0.29) is 23.5 Å². The number of rotatable bonds is 5. The smallest absolute Gasteiger partial charge is 0.372 e. The van der Waals surface area contributed by atoms with E-state index in [1.807, 2.05) is 0 Å². The Kier molecular flexibility index (Phi) is 5.86. The molecule has 0 saturated carbocycles. The number of hydrogen-bond acceptors (Lipinski definition) is 3. The molecule has 28 heavy (non-hydrogen) atoms. The van der Waals surface area contributed by atoms with Crippen molar-refractivity contribution >= 4 is 11.7 Å². The number of halogens is 7. The second-order valence-electron chi connectivity index (χ2n) is 5.68. The minimum Gasteiger partial charge on any atom is -0.372 e. The SMILES string of the molecule is CNc1ncccc1C(=O)NCc1ccc(C(F)(C(F)(F)F)C(F)(F)F)cc1. The molecule has 0 aliphatic rings. The lowest BCUT2D eigenvalue weighted by molar-refractivity contribution is -0.348. The number of alkyl halides is 7. The number of nitrogens with one attached hydrogen (secondary N) is 2. The van der Waals surface area contributed by atoms with Crippen LogP contribution in [0, 0.1) is 0 Å². The molecule has 0 fully saturated rings. The highest BCUT2D eigenvalue weighted by molar-refractivity contribution is 5.98. The highest BCUT2D eigenvalue weighted by Crippen LogP contribution is 2.53. The quantitative estimate of drug-likeness (QED) is 0.723. The van der Waals surface area contributed by atoms with Crippen molar-refractivity contribution in [1.29, 1.82) is 0 Å². The van der Waals surface area contributed by atoms with E-state index < -0.39 is 29.5 Å². The molecule has 2 rings (SSSR count). The summed E-state index contributed by atoms with van der Waals surface area (Å²) in [6, 6.07) is 5.53. The van der Waals surface area contributed by atoms with Crippen molar-refractivity contribution in [1.82, 2.24) is 10.3 Å². The highest BCUT2D eigenvalue weighted by Gasteiger charge is 2.73. The number of benzene rings is 1. The summed E-state index contributed by atoms with van der Waals surface area (Å²) in [4.78, 5) is 16.1. The third-order valence-corrected chi connectivity index (χ3v) is 3.88. The molecule has 0 aliphatic carbocycles. The molecule has 0 atom stereocenters. The maximum absolute atomic E-state index is 14.0. The van der Waals surface area contributed by atoms with Gasteiger partial charge in [0.05, 0.1) is 5.56 Å². The van der Waals surface area contributed by atoms with Crippen LogP contribution in [-0.2, 0) is 12.2 Å². The lowest BCUT2D eigenvalue weighted by atomic mass is 9.93. The maximum atomic E-state index is 14.0. The molecule has 0 spiro atoms. The van der Waals surface area contributed by atoms with Gasteiger partial charge >= 0.3 is 18.0 Å². The number of carbonyl (C=O) groups is 1. The molecule has 0 bridgehead atoms. The first kappa shape index (κ1) is 21.5. The zero-order chi connectivity index (χ0) is 21.2. The summed E-state index contributed by atoms with van der Waals surface area (Å²) in [7, 11) is 1.54. The maximum Gasteiger partial charge on any atom is 0.435 e. The minimum absolute atomic E-state index is 0.179. The van der Waals surface area contributed by atoms with Gasteiger partial charge in [0.15, 0.2) is 0 Å². The minimum atomic E-state index is -6.18. The van der Waals surface area contributed by atoms with E-state index >= 15 is 0 Å². The fraction of sp³-hybridized carbons (Fsp3) is 0.294. The standard InChI is InChI=1S/C17H14F7N3O/c1-25-13-12(3-2-8-26-13)14(28)27-9-10-4-6-11(7-5-10)15(18,16(19,20)21)17(22,23)24/h2-8H,9H2,1H3,(H,25,26)(H,27,28). The summed E-state index contributed by atoms with van der Waals surface area (Å²) >= 11 is 0. The average molecular weight is 409 g/mol. The fourth-order valence-corrected chi connectivity index (χ4v) is 2.41. The monoisotopic (exact) mass is 409 g/mol. The van der Waals surface area contributed by atoms with Crippen molar-refractivity contribution in [2.24, 2.45) is 0 Å². The normalized spacial score (nSPS) is 12.6. The number of anilines is 1. The van der Waals surface area contributed by atoms with E-state index in [0.717, 1.165) is 12.1 Å². The van der Waals surface area contributed by atoms with Crippen molar-refractivity contribution < 1.29 is 35.5 Å². The molecule has 0 radical (unpaired) electrons. The second kappa shape index (κ2) is 7.64. The Morgan fingerprint density at radius 1 is 0.964 bits per heavy atom. The van der Waals surface area contributed by atoms with Gasteiger partial charge < -0.3 is 10.6 Å². The summed E-state index contributed by atoms with van der Waals surface area (Å²) in [5.41, 5.74) is -6.70. The van der Waals surface area contributed by atoms with Crippen molar-refractivity contribution in [3.05, 3.63) is 59.3 Å². The predicted octanol–water partition coefficient (Wildman–Crippen LogP) is 4.34. The van der Waals surface area contributed by atoms with Gasteiger partial charge in [-0.3, -0.25) is 4.79 Å². The Morgan fingerprint density at radius 2 is 1.54 bits per heavy atom. The zero-order valence-corrected chi connectivity index (χ0v) is 14.2. The number of hydrogen-bond donors (Lipinski definition) is 2. The van der Waals surface area contributed by atoms with Crippen molar-refractivity contribution in [3.8, 4) is 0 Å². The van der Waals surface area contributed by atoms with Crippen LogP contribution in [-0.4, -0.2) is 30.3 Å². The van der Waals surface area contributed by atoms with E-state index in [9.17, 15) is 35.5 Å². The van der Waals surface area contributed by atoms with Gasteiger partial charge in [0.1, 0.15) is 5.82 Å². The van der Waals surface area contributed by atoms with Crippen LogP contribution in [0.2, 0.25) is 0 Å². The van der Waals surface area contributed by atoms with Gasteiger partial charge in [0.2, 0.25) is 0 Å². The molecular weight excluding hydrogens is 395 g/mol. The summed E-state index contributed by atoms with van der Waals surface area (Å²) in [6.45, 7) is -0.200. The first-order chi connectivity index (χ1) is 12.9. The Labute approximate surface area is 154 Å². The van der Waals surface area contributed by atoms with E-state index in [4.69, 9.17) is 0 Å². The number of carbonyl (C=O) groups excluding carboxylic acids is 1. The predicted molar refractivity (Wildman–Crippen MR) is 86.3 cm³/mol. The molecular formula is C17H14F7N3O. The summed E-state index contributed by atoms with van der Waals surface area (Å²) in [6.07, 6.45) is -10.9. The molecule has 0 aliphatic heterocycles. The highest BCUT2D eigenvalue weighted by atomic mass is 19.4. The number of pyridine rings is 1. The Balaban J connectivity index is 2.18. The van der Waals surface area contributed by atoms with E-state index in [1.54, 1.807) is 7.05 Å². The number of nitrogens with zero attached hydrogens (tertiary/aromatic N) is 1. The largest absolute Gasteiger partial charge is 0.435 e. The van der Waals surface area contributed by atoms with Gasteiger partial charge in [-0.2, -0.15) is 26.3 Å². The van der Waals surface area contributed by atoms with Crippen LogP contribution in [0.15, 0.2) is 42.6 Å². The second-order valence-corrected chi connectivity index (χ2v) is 5.68. The summed E-state index contributed by atoms with van der Waals surface area (Å²) in [5, 5.41) is 5.15. The molecule has 0 saturated heterocycles. The molecule has 0 unspecified atom stereocenters. The molecule has 2 N–H and O–H groups in total. The molecule has 2 aromatic rings. The van der Waals surface area contributed by atoms with Gasteiger partial charge in [0.25, 0.3) is 5.91 Å². The first-order valence-electron chi connectivity index (χ1n) is 7.74. The zero-order valence-electron chi connectivity index (χ0n) is 14.2. The van der Waals surface area contributed by atoms with Crippen molar-refractivity contribution in [2.75, 3.05) is 12.4 Å².